The molecular weight excluding hydrogens is 278 g/mol. The topological polar surface area (TPSA) is 104 Å². The van der Waals surface area contributed by atoms with Gasteiger partial charge in [-0.1, -0.05) is 13.0 Å². The molecule has 1 atom stereocenters. The standard InChI is InChI=1S/C10H15NO5S2/c1-10(7-12,5-8(13)14)6-11-18(15,16)9-3-2-4-17-9/h2-4,11-12H,5-7H2,1H3,(H,13,14). The van der Waals surface area contributed by atoms with Gasteiger partial charge >= 0.3 is 5.97 Å². The van der Waals surface area contributed by atoms with Crippen molar-refractivity contribution in [2.45, 2.75) is 17.6 Å². The van der Waals surface area contributed by atoms with Crippen LogP contribution in [-0.2, 0) is 14.8 Å². The number of carboxylic acid groups (broad SMARTS) is 1. The summed E-state index contributed by atoms with van der Waals surface area (Å²) in [4.78, 5) is 10.6. The molecule has 0 spiro atoms. The minimum atomic E-state index is -3.63. The molecule has 1 aromatic heterocycles. The van der Waals surface area contributed by atoms with Gasteiger partial charge in [-0.25, -0.2) is 13.1 Å². The van der Waals surface area contributed by atoms with E-state index in [0.717, 1.165) is 11.3 Å². The number of hydrogen-bond donors (Lipinski definition) is 3. The zero-order valence-corrected chi connectivity index (χ0v) is 11.4. The molecule has 0 aromatic carbocycles. The third-order valence-electron chi connectivity index (χ3n) is 2.41. The average Bonchev–Trinajstić information content (AvgIpc) is 2.80. The zero-order valence-electron chi connectivity index (χ0n) is 9.79. The predicted molar refractivity (Wildman–Crippen MR) is 67.0 cm³/mol. The summed E-state index contributed by atoms with van der Waals surface area (Å²) in [6.07, 6.45) is -0.309. The Balaban J connectivity index is 2.72. The van der Waals surface area contributed by atoms with Gasteiger partial charge in [0.1, 0.15) is 4.21 Å². The molecule has 102 valence electrons. The van der Waals surface area contributed by atoms with E-state index in [1.165, 1.54) is 13.0 Å². The smallest absolute Gasteiger partial charge is 0.304 e. The van der Waals surface area contributed by atoms with Gasteiger partial charge < -0.3 is 10.2 Å². The summed E-state index contributed by atoms with van der Waals surface area (Å²) >= 11 is 1.07. The molecule has 8 heteroatoms. The molecule has 6 nitrogen and oxygen atoms in total. The summed E-state index contributed by atoms with van der Waals surface area (Å²) in [5.74, 6) is -1.08. The molecule has 0 aliphatic heterocycles. The molecule has 18 heavy (non-hydrogen) atoms. The van der Waals surface area contributed by atoms with Crippen molar-refractivity contribution in [3.8, 4) is 0 Å². The molecule has 1 aromatic rings. The number of aliphatic carboxylic acids is 1. The minimum Gasteiger partial charge on any atom is -0.481 e. The first-order chi connectivity index (χ1) is 8.29. The van der Waals surface area contributed by atoms with Crippen LogP contribution in [0.4, 0.5) is 0 Å². The van der Waals surface area contributed by atoms with Crippen molar-refractivity contribution in [1.82, 2.24) is 4.72 Å². The van der Waals surface area contributed by atoms with Crippen LogP contribution in [0.5, 0.6) is 0 Å². The second-order valence-corrected chi connectivity index (χ2v) is 7.24. The molecule has 0 fully saturated rings. The van der Waals surface area contributed by atoms with Crippen molar-refractivity contribution in [2.75, 3.05) is 13.2 Å². The van der Waals surface area contributed by atoms with Gasteiger partial charge in [-0.3, -0.25) is 4.79 Å². The van der Waals surface area contributed by atoms with E-state index in [9.17, 15) is 13.2 Å². The van der Waals surface area contributed by atoms with Crippen LogP contribution in [-0.4, -0.2) is 37.8 Å². The Bertz CT molecular complexity index is 496. The number of sulfonamides is 1. The summed E-state index contributed by atoms with van der Waals surface area (Å²) in [5, 5.41) is 19.5. The van der Waals surface area contributed by atoms with Crippen molar-refractivity contribution in [3.63, 3.8) is 0 Å². The van der Waals surface area contributed by atoms with E-state index in [-0.39, 0.29) is 17.2 Å². The van der Waals surface area contributed by atoms with Crippen LogP contribution in [0.1, 0.15) is 13.3 Å². The zero-order chi connectivity index (χ0) is 13.8. The minimum absolute atomic E-state index is 0.129. The van der Waals surface area contributed by atoms with E-state index in [1.807, 2.05) is 0 Å². The normalized spacial score (nSPS) is 15.2. The second-order valence-electron chi connectivity index (χ2n) is 4.30. The molecule has 0 radical (unpaired) electrons. The largest absolute Gasteiger partial charge is 0.481 e. The number of nitrogens with one attached hydrogen (secondary N) is 1. The first kappa shape index (κ1) is 15.1. The van der Waals surface area contributed by atoms with Gasteiger partial charge in [0.2, 0.25) is 10.0 Å². The molecule has 1 heterocycles. The number of rotatable bonds is 7. The number of aliphatic hydroxyl groups excluding tert-OH is 1. The fraction of sp³-hybridized carbons (Fsp3) is 0.500. The Kier molecular flexibility index (Phi) is 4.85. The molecule has 0 amide bonds. The van der Waals surface area contributed by atoms with Crippen LogP contribution < -0.4 is 4.72 Å². The quantitative estimate of drug-likeness (QED) is 0.679. The van der Waals surface area contributed by atoms with Gasteiger partial charge in [0, 0.05) is 12.0 Å². The Labute approximate surface area is 109 Å². The Morgan fingerprint density at radius 2 is 2.22 bits per heavy atom. The van der Waals surface area contributed by atoms with Crippen LogP contribution in [0.3, 0.4) is 0 Å². The fourth-order valence-corrected chi connectivity index (χ4v) is 3.53. The summed E-state index contributed by atoms with van der Waals surface area (Å²) < 4.78 is 26.1. The highest BCUT2D eigenvalue weighted by Crippen LogP contribution is 2.21. The molecule has 0 bridgehead atoms. The highest BCUT2D eigenvalue weighted by atomic mass is 32.2. The Hall–Kier alpha value is -0.960. The Morgan fingerprint density at radius 1 is 1.56 bits per heavy atom. The number of carboxylic acids is 1. The van der Waals surface area contributed by atoms with E-state index in [4.69, 9.17) is 10.2 Å². The van der Waals surface area contributed by atoms with Crippen molar-refractivity contribution in [2.24, 2.45) is 5.41 Å². The predicted octanol–water partition coefficient (Wildman–Crippen LogP) is 0.500. The molecule has 0 aliphatic rings. The van der Waals surface area contributed by atoms with Crippen LogP contribution in [0.15, 0.2) is 21.7 Å². The van der Waals surface area contributed by atoms with Crippen molar-refractivity contribution < 1.29 is 23.4 Å². The first-order valence-corrected chi connectivity index (χ1v) is 7.51. The summed E-state index contributed by atoms with van der Waals surface area (Å²) in [7, 11) is -3.63. The van der Waals surface area contributed by atoms with Gasteiger partial charge in [0.25, 0.3) is 0 Å². The fourth-order valence-electron chi connectivity index (χ4n) is 1.30. The maximum atomic E-state index is 11.8. The van der Waals surface area contributed by atoms with E-state index in [1.54, 1.807) is 11.4 Å². The van der Waals surface area contributed by atoms with E-state index in [2.05, 4.69) is 4.72 Å². The summed E-state index contributed by atoms with van der Waals surface area (Å²) in [6.45, 7) is 0.973. The SMILES string of the molecule is CC(CO)(CNS(=O)(=O)c1cccs1)CC(=O)O. The van der Waals surface area contributed by atoms with Crippen LogP contribution in [0, 0.1) is 5.41 Å². The van der Waals surface area contributed by atoms with E-state index >= 15 is 0 Å². The lowest BCUT2D eigenvalue weighted by Gasteiger charge is -2.25. The number of thiophene rings is 1. The van der Waals surface area contributed by atoms with Crippen LogP contribution in [0.25, 0.3) is 0 Å². The van der Waals surface area contributed by atoms with Crippen molar-refractivity contribution >= 4 is 27.3 Å². The lowest BCUT2D eigenvalue weighted by molar-refractivity contribution is -0.140. The van der Waals surface area contributed by atoms with Gasteiger partial charge in [0.15, 0.2) is 0 Å². The third kappa shape index (κ3) is 4.05. The molecule has 3 N–H and O–H groups in total. The average molecular weight is 293 g/mol. The Morgan fingerprint density at radius 3 is 2.67 bits per heavy atom. The van der Waals surface area contributed by atoms with Crippen LogP contribution >= 0.6 is 11.3 Å². The molecule has 0 saturated heterocycles. The van der Waals surface area contributed by atoms with E-state index < -0.39 is 28.0 Å². The lowest BCUT2D eigenvalue weighted by atomic mass is 9.88. The number of aliphatic hydroxyl groups is 1. The number of carbonyl (C=O) groups is 1. The van der Waals surface area contributed by atoms with Gasteiger partial charge in [0.05, 0.1) is 13.0 Å². The molecular formula is C10H15NO5S2. The highest BCUT2D eigenvalue weighted by molar-refractivity contribution is 7.91. The molecule has 1 rings (SSSR count). The first-order valence-electron chi connectivity index (χ1n) is 5.15. The van der Waals surface area contributed by atoms with Crippen LogP contribution in [0.2, 0.25) is 0 Å². The third-order valence-corrected chi connectivity index (χ3v) is 5.21. The monoisotopic (exact) mass is 293 g/mol. The number of hydrogen-bond acceptors (Lipinski definition) is 5. The van der Waals surface area contributed by atoms with Crippen molar-refractivity contribution in [3.05, 3.63) is 17.5 Å². The maximum Gasteiger partial charge on any atom is 0.304 e. The molecule has 1 unspecified atom stereocenters. The highest BCUT2D eigenvalue weighted by Gasteiger charge is 2.29. The van der Waals surface area contributed by atoms with Gasteiger partial charge in [-0.15, -0.1) is 11.3 Å². The molecule has 0 saturated carbocycles. The van der Waals surface area contributed by atoms with Gasteiger partial charge in [-0.05, 0) is 11.4 Å². The van der Waals surface area contributed by atoms with Gasteiger partial charge in [-0.2, -0.15) is 0 Å². The van der Waals surface area contributed by atoms with Crippen molar-refractivity contribution in [1.29, 1.82) is 0 Å². The maximum absolute atomic E-state index is 11.8. The summed E-state index contributed by atoms with van der Waals surface area (Å²) in [6, 6.07) is 3.07. The lowest BCUT2D eigenvalue weighted by Crippen LogP contribution is -2.39. The summed E-state index contributed by atoms with van der Waals surface area (Å²) in [5.41, 5.74) is -1.02. The van der Waals surface area contributed by atoms with E-state index in [0.29, 0.717) is 0 Å². The second kappa shape index (κ2) is 5.79. The molecule has 0 aliphatic carbocycles.